The normalized spacial score (nSPS) is 10.1. The molecule has 7 heteroatoms. The van der Waals surface area contributed by atoms with E-state index in [-0.39, 0.29) is 18.5 Å². The van der Waals surface area contributed by atoms with E-state index >= 15 is 0 Å². The molecule has 1 heterocycles. The van der Waals surface area contributed by atoms with Gasteiger partial charge in [-0.1, -0.05) is 18.2 Å². The van der Waals surface area contributed by atoms with Crippen molar-refractivity contribution in [3.8, 4) is 0 Å². The van der Waals surface area contributed by atoms with Crippen LogP contribution in [0.3, 0.4) is 0 Å². The Morgan fingerprint density at radius 2 is 1.96 bits per heavy atom. The molecule has 0 bridgehead atoms. The van der Waals surface area contributed by atoms with Gasteiger partial charge in [0.2, 0.25) is 5.91 Å². The molecule has 2 rings (SSSR count). The fourth-order valence-electron chi connectivity index (χ4n) is 1.91. The van der Waals surface area contributed by atoms with E-state index < -0.39 is 0 Å². The summed E-state index contributed by atoms with van der Waals surface area (Å²) < 4.78 is 4.77. The lowest BCUT2D eigenvalue weighted by atomic mass is 10.2. The van der Waals surface area contributed by atoms with Crippen molar-refractivity contribution in [1.29, 1.82) is 0 Å². The summed E-state index contributed by atoms with van der Waals surface area (Å²) >= 11 is 1.60. The van der Waals surface area contributed by atoms with Crippen molar-refractivity contribution in [2.24, 2.45) is 0 Å². The van der Waals surface area contributed by atoms with Crippen LogP contribution in [0.5, 0.6) is 0 Å². The summed E-state index contributed by atoms with van der Waals surface area (Å²) in [6.45, 7) is 0.897. The Hall–Kier alpha value is -2.38. The predicted octanol–water partition coefficient (Wildman–Crippen LogP) is 2.33. The molecule has 0 radical (unpaired) electrons. The van der Waals surface area contributed by atoms with Crippen LogP contribution in [0.2, 0.25) is 0 Å². The lowest BCUT2D eigenvalue weighted by Crippen LogP contribution is -2.34. The number of nitrogens with one attached hydrogen (secondary N) is 3. The van der Waals surface area contributed by atoms with Crippen LogP contribution in [0.4, 0.5) is 10.5 Å². The minimum Gasteiger partial charge on any atom is -0.375 e. The SMILES string of the molecule is COCC(=O)Nc1cccc(CNC(=O)NCc2cccs2)c1. The van der Waals surface area contributed by atoms with Crippen molar-refractivity contribution < 1.29 is 14.3 Å². The lowest BCUT2D eigenvalue weighted by molar-refractivity contribution is -0.119. The second-order valence-electron chi connectivity index (χ2n) is 4.80. The zero-order chi connectivity index (χ0) is 16.5. The van der Waals surface area contributed by atoms with Crippen LogP contribution < -0.4 is 16.0 Å². The average molecular weight is 333 g/mol. The Labute approximate surface area is 138 Å². The number of methoxy groups -OCH3 is 1. The van der Waals surface area contributed by atoms with E-state index in [0.717, 1.165) is 10.4 Å². The molecule has 0 atom stereocenters. The zero-order valence-electron chi connectivity index (χ0n) is 12.8. The molecule has 0 saturated carbocycles. The Morgan fingerprint density at radius 3 is 2.70 bits per heavy atom. The van der Waals surface area contributed by atoms with Gasteiger partial charge in [-0.2, -0.15) is 0 Å². The Morgan fingerprint density at radius 1 is 1.13 bits per heavy atom. The topological polar surface area (TPSA) is 79.5 Å². The largest absolute Gasteiger partial charge is 0.375 e. The van der Waals surface area contributed by atoms with Crippen LogP contribution in [0.1, 0.15) is 10.4 Å². The van der Waals surface area contributed by atoms with E-state index in [1.54, 1.807) is 17.4 Å². The fourth-order valence-corrected chi connectivity index (χ4v) is 2.56. The van der Waals surface area contributed by atoms with Crippen LogP contribution in [0.25, 0.3) is 0 Å². The van der Waals surface area contributed by atoms with Gasteiger partial charge in [0.25, 0.3) is 0 Å². The molecular weight excluding hydrogens is 314 g/mol. The molecule has 23 heavy (non-hydrogen) atoms. The molecule has 1 aromatic heterocycles. The molecule has 1 aromatic carbocycles. The number of thiophene rings is 1. The smallest absolute Gasteiger partial charge is 0.315 e. The molecule has 122 valence electrons. The summed E-state index contributed by atoms with van der Waals surface area (Å²) in [5.74, 6) is -0.216. The number of hydrogen-bond donors (Lipinski definition) is 3. The maximum Gasteiger partial charge on any atom is 0.315 e. The van der Waals surface area contributed by atoms with Gasteiger partial charge in [-0.05, 0) is 29.1 Å². The third kappa shape index (κ3) is 6.09. The summed E-state index contributed by atoms with van der Waals surface area (Å²) in [5.41, 5.74) is 1.57. The van der Waals surface area contributed by atoms with Crippen LogP contribution in [-0.2, 0) is 22.6 Å². The van der Waals surface area contributed by atoms with Crippen molar-refractivity contribution in [3.05, 3.63) is 52.2 Å². The molecule has 0 aliphatic carbocycles. The van der Waals surface area contributed by atoms with Gasteiger partial charge in [-0.25, -0.2) is 4.79 Å². The highest BCUT2D eigenvalue weighted by molar-refractivity contribution is 7.09. The molecule has 3 N–H and O–H groups in total. The van der Waals surface area contributed by atoms with Gasteiger partial charge in [0.1, 0.15) is 6.61 Å². The Kier molecular flexibility index (Phi) is 6.58. The average Bonchev–Trinajstić information content (AvgIpc) is 3.05. The number of benzene rings is 1. The molecule has 0 unspecified atom stereocenters. The predicted molar refractivity (Wildman–Crippen MR) is 90.3 cm³/mol. The third-order valence-corrected chi connectivity index (χ3v) is 3.82. The van der Waals surface area contributed by atoms with Gasteiger partial charge in [0.05, 0.1) is 6.54 Å². The molecule has 2 aromatic rings. The minimum absolute atomic E-state index is 0.00754. The van der Waals surface area contributed by atoms with Crippen LogP contribution in [0.15, 0.2) is 41.8 Å². The number of ether oxygens (including phenoxy) is 1. The van der Waals surface area contributed by atoms with E-state index in [0.29, 0.717) is 18.8 Å². The minimum atomic E-state index is -0.229. The number of carbonyl (C=O) groups is 2. The Balaban J connectivity index is 1.78. The first-order valence-electron chi connectivity index (χ1n) is 7.09. The van der Waals surface area contributed by atoms with Gasteiger partial charge in [0.15, 0.2) is 0 Å². The number of hydrogen-bond acceptors (Lipinski definition) is 4. The fraction of sp³-hybridized carbons (Fsp3) is 0.250. The Bertz CT molecular complexity index is 644. The van der Waals surface area contributed by atoms with Gasteiger partial charge >= 0.3 is 6.03 Å². The molecule has 6 nitrogen and oxygen atoms in total. The van der Waals surface area contributed by atoms with E-state index in [2.05, 4.69) is 16.0 Å². The summed E-state index contributed by atoms with van der Waals surface area (Å²) in [6.07, 6.45) is 0. The van der Waals surface area contributed by atoms with Crippen molar-refractivity contribution >= 4 is 29.0 Å². The second kappa shape index (κ2) is 8.92. The van der Waals surface area contributed by atoms with Crippen LogP contribution in [-0.4, -0.2) is 25.7 Å². The monoisotopic (exact) mass is 333 g/mol. The van der Waals surface area contributed by atoms with Crippen molar-refractivity contribution in [1.82, 2.24) is 10.6 Å². The molecule has 0 aliphatic heterocycles. The van der Waals surface area contributed by atoms with E-state index in [1.165, 1.54) is 7.11 Å². The quantitative estimate of drug-likeness (QED) is 0.727. The number of rotatable bonds is 7. The zero-order valence-corrected chi connectivity index (χ0v) is 13.6. The standard InChI is InChI=1S/C16H19N3O3S/c1-22-11-15(20)19-13-5-2-4-12(8-13)9-17-16(21)18-10-14-6-3-7-23-14/h2-8H,9-11H2,1H3,(H,19,20)(H2,17,18,21). The maximum absolute atomic E-state index is 11.8. The van der Waals surface area contributed by atoms with Crippen LogP contribution >= 0.6 is 11.3 Å². The first-order chi connectivity index (χ1) is 11.2. The summed E-state index contributed by atoms with van der Waals surface area (Å²) in [5, 5.41) is 10.3. The second-order valence-corrected chi connectivity index (χ2v) is 5.83. The van der Waals surface area contributed by atoms with Crippen molar-refractivity contribution in [3.63, 3.8) is 0 Å². The van der Waals surface area contributed by atoms with Gasteiger partial charge in [-0.15, -0.1) is 11.3 Å². The van der Waals surface area contributed by atoms with Gasteiger partial charge in [-0.3, -0.25) is 4.79 Å². The van der Waals surface area contributed by atoms with E-state index in [9.17, 15) is 9.59 Å². The molecular formula is C16H19N3O3S. The number of amides is 3. The van der Waals surface area contributed by atoms with E-state index in [1.807, 2.05) is 35.7 Å². The summed E-state index contributed by atoms with van der Waals surface area (Å²) in [6, 6.07) is 11.0. The van der Waals surface area contributed by atoms with Gasteiger partial charge < -0.3 is 20.7 Å². The number of carbonyl (C=O) groups excluding carboxylic acids is 2. The first kappa shape index (κ1) is 17.0. The molecule has 3 amide bonds. The van der Waals surface area contributed by atoms with Crippen molar-refractivity contribution in [2.45, 2.75) is 13.1 Å². The summed E-state index contributed by atoms with van der Waals surface area (Å²) in [7, 11) is 1.47. The third-order valence-electron chi connectivity index (χ3n) is 2.94. The number of anilines is 1. The lowest BCUT2D eigenvalue weighted by Gasteiger charge is -2.09. The van der Waals surface area contributed by atoms with Crippen molar-refractivity contribution in [2.75, 3.05) is 19.0 Å². The molecule has 0 fully saturated rings. The molecule has 0 saturated heterocycles. The molecule has 0 spiro atoms. The van der Waals surface area contributed by atoms with E-state index in [4.69, 9.17) is 4.74 Å². The maximum atomic E-state index is 11.8. The van der Waals surface area contributed by atoms with Crippen LogP contribution in [0, 0.1) is 0 Å². The highest BCUT2D eigenvalue weighted by atomic mass is 32.1. The molecule has 0 aliphatic rings. The number of urea groups is 1. The highest BCUT2D eigenvalue weighted by Gasteiger charge is 2.04. The highest BCUT2D eigenvalue weighted by Crippen LogP contribution is 2.10. The van der Waals surface area contributed by atoms with Gasteiger partial charge in [0, 0.05) is 24.2 Å². The first-order valence-corrected chi connectivity index (χ1v) is 7.97. The summed E-state index contributed by atoms with van der Waals surface area (Å²) in [4.78, 5) is 24.3.